The normalized spacial score (nSPS) is 0. The molecule has 0 rings (SSSR count). The molecule has 4 radical (unpaired) electrons. The van der Waals surface area contributed by atoms with Gasteiger partial charge in [-0.25, -0.2) is 0 Å². The van der Waals surface area contributed by atoms with Crippen molar-refractivity contribution in [1.82, 2.24) is 0 Å². The molecule has 0 saturated heterocycles. The zero-order valence-electron chi connectivity index (χ0n) is 2.00. The van der Waals surface area contributed by atoms with Crippen LogP contribution in [0.3, 0.4) is 0 Å². The van der Waals surface area contributed by atoms with Crippen molar-refractivity contribution in [1.29, 1.82) is 0 Å². The standard InChI is InChI=1S/Hf.Si.Ti.Zr. The maximum atomic E-state index is 0. The van der Waals surface area contributed by atoms with Crippen molar-refractivity contribution in [3.63, 3.8) is 0 Å². The van der Waals surface area contributed by atoms with Crippen molar-refractivity contribution >= 4 is 11.0 Å². The van der Waals surface area contributed by atoms with Crippen molar-refractivity contribution in [2.45, 2.75) is 0 Å². The Morgan fingerprint density at radius 2 is 1.00 bits per heavy atom. The topological polar surface area (TPSA) is 0 Å². The first-order chi connectivity index (χ1) is 0. The molecule has 0 saturated carbocycles. The fraction of sp³-hybridized carbons (Fsp3) is 0. The van der Waals surface area contributed by atoms with E-state index in [0.717, 1.165) is 0 Å². The van der Waals surface area contributed by atoms with Gasteiger partial charge in [0.25, 0.3) is 0 Å². The van der Waals surface area contributed by atoms with Crippen LogP contribution in [0, 0.1) is 0 Å². The van der Waals surface area contributed by atoms with Gasteiger partial charge in [-0.15, -0.1) is 0 Å². The summed E-state index contributed by atoms with van der Waals surface area (Å²) in [6.45, 7) is 0. The van der Waals surface area contributed by atoms with Gasteiger partial charge in [-0.1, -0.05) is 0 Å². The van der Waals surface area contributed by atoms with Gasteiger partial charge >= 0.3 is 0 Å². The molecular weight excluding hydrogens is 346 g/mol. The van der Waals surface area contributed by atoms with Gasteiger partial charge in [-0.05, 0) is 0 Å². The first kappa shape index (κ1) is 30.0. The Bertz CT molecular complexity index is 8.00. The summed E-state index contributed by atoms with van der Waals surface area (Å²) in [6.07, 6.45) is 0. The minimum absolute atomic E-state index is 0. The number of hydrogen-bond donors (Lipinski definition) is 0. The third-order valence-electron chi connectivity index (χ3n) is 0. The van der Waals surface area contributed by atoms with Crippen molar-refractivity contribution in [3.05, 3.63) is 0 Å². The molecule has 0 atom stereocenters. The van der Waals surface area contributed by atoms with E-state index in [2.05, 4.69) is 0 Å². The smallest absolute Gasteiger partial charge is 0 e. The summed E-state index contributed by atoms with van der Waals surface area (Å²) in [5.74, 6) is 0. The molecule has 0 aromatic heterocycles. The molecule has 0 N–H and O–H groups in total. The molecule has 4 heavy (non-hydrogen) atoms. The van der Waals surface area contributed by atoms with Gasteiger partial charge in [0.05, 0.1) is 0 Å². The SMILES string of the molecule is [Hf].[Si].[Ti].[Zr]. The molecule has 16 valence electrons. The molecule has 0 spiro atoms. The minimum Gasteiger partial charge on any atom is 0 e. The van der Waals surface area contributed by atoms with E-state index in [1.807, 2.05) is 0 Å². The average Bonchev–Trinajstić information content (AvgIpc) is 0. The molecule has 0 aliphatic heterocycles. The van der Waals surface area contributed by atoms with Crippen LogP contribution in [0.2, 0.25) is 0 Å². The minimum atomic E-state index is 0. The zero-order valence-corrected chi connectivity index (χ0v) is 10.6. The number of hydrogen-bond acceptors (Lipinski definition) is 0. The molecule has 0 aromatic rings. The predicted octanol–water partition coefficient (Wildman–Crippen LogP) is -0.388. The van der Waals surface area contributed by atoms with Gasteiger partial charge < -0.3 is 0 Å². The Kier molecular flexibility index (Phi) is 130. The molecule has 0 nitrogen and oxygen atoms in total. The van der Waals surface area contributed by atoms with Crippen molar-refractivity contribution in [2.75, 3.05) is 0 Å². The van der Waals surface area contributed by atoms with E-state index in [0.29, 0.717) is 0 Å². The van der Waals surface area contributed by atoms with Crippen LogP contribution in [0.5, 0.6) is 0 Å². The third-order valence-corrected chi connectivity index (χ3v) is 0. The monoisotopic (exact) mass is 346 g/mol. The molecule has 0 aliphatic rings. The van der Waals surface area contributed by atoms with Gasteiger partial charge in [0.15, 0.2) is 0 Å². The second-order valence-electron chi connectivity index (χ2n) is 0. The molecule has 0 fully saturated rings. The molecule has 0 heterocycles. The molecular formula is HfSiTiZr. The van der Waals surface area contributed by atoms with E-state index in [-0.39, 0.29) is 84.7 Å². The first-order valence-corrected chi connectivity index (χ1v) is 0. The second-order valence-corrected chi connectivity index (χ2v) is 0. The zero-order chi connectivity index (χ0) is 0. The Balaban J connectivity index is 0. The Labute approximate surface area is 83.3 Å². The van der Waals surface area contributed by atoms with E-state index < -0.39 is 0 Å². The van der Waals surface area contributed by atoms with Crippen LogP contribution in [-0.2, 0) is 73.8 Å². The Morgan fingerprint density at radius 3 is 1.00 bits per heavy atom. The van der Waals surface area contributed by atoms with Crippen molar-refractivity contribution in [3.8, 4) is 0 Å². The van der Waals surface area contributed by atoms with Crippen LogP contribution >= 0.6 is 0 Å². The molecule has 4 heteroatoms. The molecule has 0 amide bonds. The van der Waals surface area contributed by atoms with E-state index >= 15 is 0 Å². The van der Waals surface area contributed by atoms with E-state index in [1.54, 1.807) is 0 Å². The summed E-state index contributed by atoms with van der Waals surface area (Å²) in [5.41, 5.74) is 0. The van der Waals surface area contributed by atoms with Crippen LogP contribution in [0.1, 0.15) is 0 Å². The summed E-state index contributed by atoms with van der Waals surface area (Å²) in [7, 11) is 0. The van der Waals surface area contributed by atoms with Gasteiger partial charge in [0, 0.05) is 84.7 Å². The molecule has 0 unspecified atom stereocenters. The van der Waals surface area contributed by atoms with E-state index in [1.165, 1.54) is 0 Å². The molecule has 0 aliphatic carbocycles. The fourth-order valence-corrected chi connectivity index (χ4v) is 0. The van der Waals surface area contributed by atoms with E-state index in [4.69, 9.17) is 0 Å². The third kappa shape index (κ3) is 8.82. The summed E-state index contributed by atoms with van der Waals surface area (Å²) >= 11 is 0. The Morgan fingerprint density at radius 1 is 1.00 bits per heavy atom. The molecule has 0 aromatic carbocycles. The molecule has 0 bridgehead atoms. The largest absolute Gasteiger partial charge is 0 e. The number of rotatable bonds is 0. The van der Waals surface area contributed by atoms with Crippen LogP contribution in [0.15, 0.2) is 0 Å². The van der Waals surface area contributed by atoms with Crippen LogP contribution in [0.4, 0.5) is 0 Å². The van der Waals surface area contributed by atoms with Gasteiger partial charge in [-0.3, -0.25) is 0 Å². The summed E-state index contributed by atoms with van der Waals surface area (Å²) in [6, 6.07) is 0. The first-order valence-electron chi connectivity index (χ1n) is 0. The summed E-state index contributed by atoms with van der Waals surface area (Å²) < 4.78 is 0. The van der Waals surface area contributed by atoms with Gasteiger partial charge in [0.1, 0.15) is 0 Å². The quantitative estimate of drug-likeness (QED) is 0.525. The fourth-order valence-electron chi connectivity index (χ4n) is 0. The van der Waals surface area contributed by atoms with Gasteiger partial charge in [0.2, 0.25) is 0 Å². The summed E-state index contributed by atoms with van der Waals surface area (Å²) in [4.78, 5) is 0. The van der Waals surface area contributed by atoms with E-state index in [9.17, 15) is 0 Å². The summed E-state index contributed by atoms with van der Waals surface area (Å²) in [5, 5.41) is 0. The van der Waals surface area contributed by atoms with Crippen LogP contribution in [-0.4, -0.2) is 11.0 Å². The maximum Gasteiger partial charge on any atom is 0 e. The van der Waals surface area contributed by atoms with Crippen molar-refractivity contribution in [2.24, 2.45) is 0 Å². The maximum absolute atomic E-state index is 0. The van der Waals surface area contributed by atoms with Crippen LogP contribution in [0.25, 0.3) is 0 Å². The predicted molar refractivity (Wildman–Crippen MR) is 5.75 cm³/mol. The Hall–Kier alpha value is 2.68. The van der Waals surface area contributed by atoms with Gasteiger partial charge in [-0.2, -0.15) is 0 Å². The second kappa shape index (κ2) is 17.3. The van der Waals surface area contributed by atoms with Crippen LogP contribution < -0.4 is 0 Å². The van der Waals surface area contributed by atoms with Crippen molar-refractivity contribution < 1.29 is 73.8 Å². The average molecular weight is 346 g/mol.